The van der Waals surface area contributed by atoms with Crippen molar-refractivity contribution in [3.05, 3.63) is 57.6 Å². The van der Waals surface area contributed by atoms with E-state index >= 15 is 0 Å². The zero-order chi connectivity index (χ0) is 22.7. The summed E-state index contributed by atoms with van der Waals surface area (Å²) in [6.45, 7) is 8.38. The molecule has 1 fully saturated rings. The van der Waals surface area contributed by atoms with Gasteiger partial charge in [-0.1, -0.05) is 17.7 Å². The molecular formula is C23H23ClN2O4S. The number of carbonyl (C=O) groups excluding carboxylic acids is 2. The lowest BCUT2D eigenvalue weighted by molar-refractivity contribution is -0.122. The first kappa shape index (κ1) is 22.8. The van der Waals surface area contributed by atoms with E-state index in [-0.39, 0.29) is 10.7 Å². The summed E-state index contributed by atoms with van der Waals surface area (Å²) in [6, 6.07) is 8.98. The predicted molar refractivity (Wildman–Crippen MR) is 126 cm³/mol. The zero-order valence-corrected chi connectivity index (χ0v) is 19.3. The van der Waals surface area contributed by atoms with Gasteiger partial charge in [0.15, 0.2) is 16.6 Å². The number of carbonyl (C=O) groups is 2. The molecule has 6 nitrogen and oxygen atoms in total. The van der Waals surface area contributed by atoms with Crippen molar-refractivity contribution < 1.29 is 19.1 Å². The minimum atomic E-state index is -0.571. The van der Waals surface area contributed by atoms with Crippen LogP contribution in [0.5, 0.6) is 11.5 Å². The van der Waals surface area contributed by atoms with Crippen LogP contribution in [0, 0.1) is 13.8 Å². The average Bonchev–Trinajstić information content (AvgIpc) is 2.67. The first-order valence-electron chi connectivity index (χ1n) is 9.84. The van der Waals surface area contributed by atoms with Gasteiger partial charge in [0.05, 0.1) is 23.9 Å². The Morgan fingerprint density at radius 3 is 2.29 bits per heavy atom. The van der Waals surface area contributed by atoms with Crippen molar-refractivity contribution in [2.45, 2.75) is 27.7 Å². The number of nitrogens with one attached hydrogen (secondary N) is 1. The average molecular weight is 459 g/mol. The molecule has 0 aliphatic carbocycles. The van der Waals surface area contributed by atoms with Crippen LogP contribution in [0.3, 0.4) is 0 Å². The molecule has 2 aromatic carbocycles. The summed E-state index contributed by atoms with van der Waals surface area (Å²) >= 11 is 11.6. The summed E-state index contributed by atoms with van der Waals surface area (Å²) in [4.78, 5) is 27.2. The summed E-state index contributed by atoms with van der Waals surface area (Å²) in [5.41, 5.74) is 3.03. The Kier molecular flexibility index (Phi) is 6.97. The maximum absolute atomic E-state index is 13.3. The van der Waals surface area contributed by atoms with Gasteiger partial charge in [0.25, 0.3) is 11.8 Å². The van der Waals surface area contributed by atoms with Crippen molar-refractivity contribution in [2.24, 2.45) is 0 Å². The molecule has 3 rings (SSSR count). The van der Waals surface area contributed by atoms with Crippen LogP contribution in [-0.2, 0) is 9.59 Å². The molecule has 0 aromatic heterocycles. The Bertz CT molecular complexity index is 1080. The third kappa shape index (κ3) is 4.89. The molecule has 2 amide bonds. The fourth-order valence-electron chi connectivity index (χ4n) is 3.36. The Balaban J connectivity index is 2.05. The van der Waals surface area contributed by atoms with Crippen molar-refractivity contribution in [3.8, 4) is 11.5 Å². The zero-order valence-electron chi connectivity index (χ0n) is 17.7. The number of halogens is 1. The second-order valence-corrected chi connectivity index (χ2v) is 7.79. The van der Waals surface area contributed by atoms with Crippen molar-refractivity contribution in [1.82, 2.24) is 5.32 Å². The Hall–Kier alpha value is -2.90. The van der Waals surface area contributed by atoms with Gasteiger partial charge in [0.2, 0.25) is 0 Å². The van der Waals surface area contributed by atoms with E-state index in [1.54, 1.807) is 12.1 Å². The Morgan fingerprint density at radius 2 is 1.68 bits per heavy atom. The van der Waals surface area contributed by atoms with Crippen LogP contribution in [0.25, 0.3) is 6.08 Å². The van der Waals surface area contributed by atoms with Crippen LogP contribution in [0.15, 0.2) is 35.9 Å². The lowest BCUT2D eigenvalue weighted by Gasteiger charge is -2.29. The fraction of sp³-hybridized carbons (Fsp3) is 0.261. The highest BCUT2D eigenvalue weighted by molar-refractivity contribution is 7.80. The first-order chi connectivity index (χ1) is 14.7. The molecule has 0 spiro atoms. The van der Waals surface area contributed by atoms with Crippen LogP contribution in [0.4, 0.5) is 5.69 Å². The second kappa shape index (κ2) is 9.49. The van der Waals surface area contributed by atoms with E-state index in [4.69, 9.17) is 33.3 Å². The lowest BCUT2D eigenvalue weighted by atomic mass is 10.1. The van der Waals surface area contributed by atoms with E-state index in [0.29, 0.717) is 41.0 Å². The molecule has 1 N–H and O–H groups in total. The molecule has 0 bridgehead atoms. The van der Waals surface area contributed by atoms with Crippen LogP contribution in [-0.4, -0.2) is 30.1 Å². The van der Waals surface area contributed by atoms with Crippen molar-refractivity contribution in [3.63, 3.8) is 0 Å². The highest BCUT2D eigenvalue weighted by Gasteiger charge is 2.34. The smallest absolute Gasteiger partial charge is 0.270 e. The van der Waals surface area contributed by atoms with Gasteiger partial charge < -0.3 is 9.47 Å². The van der Waals surface area contributed by atoms with E-state index in [2.05, 4.69) is 5.32 Å². The molecule has 0 unspecified atom stereocenters. The molecule has 162 valence electrons. The summed E-state index contributed by atoms with van der Waals surface area (Å²) in [5, 5.41) is 2.96. The fourth-order valence-corrected chi connectivity index (χ4v) is 3.91. The molecule has 2 aromatic rings. The minimum absolute atomic E-state index is 0.0388. The van der Waals surface area contributed by atoms with Gasteiger partial charge in [-0.2, -0.15) is 0 Å². The third-order valence-electron chi connectivity index (χ3n) is 4.50. The molecule has 1 aliphatic rings. The minimum Gasteiger partial charge on any atom is -0.490 e. The second-order valence-electron chi connectivity index (χ2n) is 7.00. The van der Waals surface area contributed by atoms with E-state index in [1.807, 2.05) is 45.9 Å². The first-order valence-corrected chi connectivity index (χ1v) is 10.6. The molecule has 1 heterocycles. The number of hydrogen-bond acceptors (Lipinski definition) is 5. The number of thiocarbonyl (C=S) groups is 1. The number of anilines is 1. The number of rotatable bonds is 6. The van der Waals surface area contributed by atoms with Crippen molar-refractivity contribution in [1.29, 1.82) is 0 Å². The number of amides is 2. The van der Waals surface area contributed by atoms with Crippen LogP contribution in [0.2, 0.25) is 5.02 Å². The standard InChI is InChI=1S/C23H23ClN2O4S/c1-5-29-19-12-15(11-18(24)20(19)30-6-2)10-17-21(27)25-23(31)26(22(17)28)16-8-13(3)7-14(4)9-16/h7-12H,5-6H2,1-4H3,(H,25,27,31). The SMILES string of the molecule is CCOc1cc(C=C2C(=O)NC(=S)N(c3cc(C)cc(C)c3)C2=O)cc(Cl)c1OCC. The summed E-state index contributed by atoms with van der Waals surface area (Å²) in [7, 11) is 0. The van der Waals surface area contributed by atoms with Gasteiger partial charge in [-0.15, -0.1) is 0 Å². The molecule has 0 radical (unpaired) electrons. The number of nitrogens with zero attached hydrogens (tertiary/aromatic N) is 1. The van der Waals surface area contributed by atoms with Crippen LogP contribution in [0.1, 0.15) is 30.5 Å². The van der Waals surface area contributed by atoms with Crippen molar-refractivity contribution in [2.75, 3.05) is 18.1 Å². The largest absolute Gasteiger partial charge is 0.490 e. The lowest BCUT2D eigenvalue weighted by Crippen LogP contribution is -2.54. The van der Waals surface area contributed by atoms with Gasteiger partial charge in [-0.3, -0.25) is 19.8 Å². The van der Waals surface area contributed by atoms with Crippen LogP contribution < -0.4 is 19.7 Å². The van der Waals surface area contributed by atoms with E-state index in [1.165, 1.54) is 11.0 Å². The summed E-state index contributed by atoms with van der Waals surface area (Å²) in [6.07, 6.45) is 1.47. The Morgan fingerprint density at radius 1 is 1.03 bits per heavy atom. The summed E-state index contributed by atoms with van der Waals surface area (Å²) in [5.74, 6) is -0.222. The van der Waals surface area contributed by atoms with Crippen molar-refractivity contribution >= 4 is 52.5 Å². The third-order valence-corrected chi connectivity index (χ3v) is 5.06. The monoisotopic (exact) mass is 458 g/mol. The molecule has 8 heteroatoms. The number of hydrogen-bond donors (Lipinski definition) is 1. The predicted octanol–water partition coefficient (Wildman–Crippen LogP) is 4.59. The number of benzene rings is 2. The van der Waals surface area contributed by atoms with Gasteiger partial charge in [0.1, 0.15) is 5.57 Å². The van der Waals surface area contributed by atoms with E-state index in [9.17, 15) is 9.59 Å². The number of aryl methyl sites for hydroxylation is 2. The molecule has 1 saturated heterocycles. The van der Waals surface area contributed by atoms with Gasteiger partial charge in [-0.05, 0) is 86.9 Å². The van der Waals surface area contributed by atoms with Gasteiger partial charge >= 0.3 is 0 Å². The van der Waals surface area contributed by atoms with Gasteiger partial charge in [-0.25, -0.2) is 0 Å². The van der Waals surface area contributed by atoms with E-state index < -0.39 is 11.8 Å². The van der Waals surface area contributed by atoms with Gasteiger partial charge in [0, 0.05) is 0 Å². The molecule has 1 aliphatic heterocycles. The quantitative estimate of drug-likeness (QED) is 0.389. The topological polar surface area (TPSA) is 67.9 Å². The molecule has 0 saturated carbocycles. The highest BCUT2D eigenvalue weighted by atomic mass is 35.5. The molecule has 31 heavy (non-hydrogen) atoms. The van der Waals surface area contributed by atoms with E-state index in [0.717, 1.165) is 11.1 Å². The highest BCUT2D eigenvalue weighted by Crippen LogP contribution is 2.37. The maximum Gasteiger partial charge on any atom is 0.270 e. The summed E-state index contributed by atoms with van der Waals surface area (Å²) < 4.78 is 11.2. The number of ether oxygens (including phenoxy) is 2. The van der Waals surface area contributed by atoms with Crippen LogP contribution >= 0.6 is 23.8 Å². The maximum atomic E-state index is 13.3. The normalized spacial score (nSPS) is 15.3. The molecular weight excluding hydrogens is 436 g/mol. The Labute approximate surface area is 191 Å². The molecule has 0 atom stereocenters.